The first-order chi connectivity index (χ1) is 68.4. The van der Waals surface area contributed by atoms with E-state index in [0.29, 0.717) is 0 Å². The SMILES string of the molecule is c1ccc(-c2cc(-c3ccc(-c4c5ccccc5nc5c4ccc4cccnc45)cc3)cc(-c3ccccn3)n2)nc1.c1ccc(-c2cc(-c3ccc(-c4ccc(-c5c6ccccc6nc6c5ccc5cccnc56)cc4)cc3)cc(-c3ccccn3)n2)nc1.c1ccc(-c2ccc3ccc4c(-c5ccc(-c6cc(-c7ccccn7)nc(-c7ccccn7)c6)cc5)c5ccccc5nc4c3n2)cc1. The van der Waals surface area contributed by atoms with Gasteiger partial charge in [-0.2, -0.15) is 0 Å². The maximum absolute atomic E-state index is 5.19. The Bertz CT molecular complexity index is 8900. The molecule has 0 bridgehead atoms. The van der Waals surface area contributed by atoms with E-state index in [-0.39, 0.29) is 0 Å². The van der Waals surface area contributed by atoms with Gasteiger partial charge in [0.1, 0.15) is 0 Å². The maximum atomic E-state index is 5.19. The number of rotatable bonds is 14. The fourth-order valence-electron chi connectivity index (χ4n) is 18.5. The Morgan fingerprint density at radius 1 is 0.116 bits per heavy atom. The molecule has 15 nitrogen and oxygen atoms in total. The van der Waals surface area contributed by atoms with E-state index in [2.05, 4.69) is 291 Å². The molecule has 138 heavy (non-hydrogen) atoms. The highest BCUT2D eigenvalue weighted by Crippen LogP contribution is 2.45. The summed E-state index contributed by atoms with van der Waals surface area (Å²) in [5.74, 6) is 0. The summed E-state index contributed by atoms with van der Waals surface area (Å²) < 4.78 is 0. The lowest BCUT2D eigenvalue weighted by atomic mass is 9.93. The van der Waals surface area contributed by atoms with Crippen LogP contribution in [0.2, 0.25) is 0 Å². The van der Waals surface area contributed by atoms with Gasteiger partial charge in [-0.15, -0.1) is 0 Å². The molecule has 26 rings (SSSR count). The molecule has 0 N–H and O–H groups in total. The van der Waals surface area contributed by atoms with Gasteiger partial charge in [-0.1, -0.05) is 273 Å². The van der Waals surface area contributed by atoms with Gasteiger partial charge >= 0.3 is 0 Å². The molecule has 15 heterocycles. The van der Waals surface area contributed by atoms with Crippen molar-refractivity contribution in [2.75, 3.05) is 0 Å². The lowest BCUT2D eigenvalue weighted by molar-refractivity contribution is 1.22. The van der Waals surface area contributed by atoms with Crippen LogP contribution in [0.1, 0.15) is 0 Å². The quantitative estimate of drug-likeness (QED) is 0.0736. The topological polar surface area (TPSA) is 193 Å². The molecule has 644 valence electrons. The second kappa shape index (κ2) is 36.3. The normalized spacial score (nSPS) is 11.3. The minimum absolute atomic E-state index is 0.804. The molecule has 0 radical (unpaired) electrons. The van der Waals surface area contributed by atoms with E-state index in [1.165, 1.54) is 5.56 Å². The van der Waals surface area contributed by atoms with Crippen LogP contribution in [-0.2, 0) is 0 Å². The lowest BCUT2D eigenvalue weighted by Crippen LogP contribution is -1.94. The van der Waals surface area contributed by atoms with Crippen molar-refractivity contribution < 1.29 is 0 Å². The molecule has 0 aliphatic rings. The van der Waals surface area contributed by atoms with Crippen LogP contribution >= 0.6 is 0 Å². The molecule has 0 fully saturated rings. The highest BCUT2D eigenvalue weighted by atomic mass is 14.8. The number of nitrogens with zero attached hydrogens (tertiary/aromatic N) is 15. The summed E-state index contributed by atoms with van der Waals surface area (Å²) >= 11 is 0. The smallest absolute Gasteiger partial charge is 0.0978 e. The van der Waals surface area contributed by atoms with Crippen LogP contribution in [0.15, 0.2) is 468 Å². The van der Waals surface area contributed by atoms with E-state index in [1.807, 2.05) is 170 Å². The summed E-state index contributed by atoms with van der Waals surface area (Å²) in [5.41, 5.74) is 35.8. The standard InChI is InChI=1S/2C43H27N5.C37H23N5/c1-2-10-36-34(9-1)41(35-22-21-32-8-7-25-46-42(32)43(35)48-36)31-19-17-29(18-20-31)28-13-15-30(16-14-28)33-26-39(37-11-3-5-23-44-37)47-40(27-33)38-12-4-6-24-45-38;1-2-10-29(11-3-1)35-23-21-31-20-22-34-41(33-12-4-5-13-36(33)48-43(34)42(31)47-35)30-18-16-28(17-19-30)32-26-39(37-14-6-8-24-44-37)46-40(27-32)38-15-7-9-25-45-38;1-2-10-30-28(9-1)35(29-18-17-26-8-7-21-40-36(26)37(29)42-30)25-15-13-24(14-16-25)27-22-33(31-11-3-5-19-38-31)41-34(23-27)32-12-4-6-20-39-32/h2*1-27H;1-23H. The van der Waals surface area contributed by atoms with Gasteiger partial charge < -0.3 is 0 Å². The number of fused-ring (bicyclic) bond motifs is 12. The molecule has 0 spiro atoms. The summed E-state index contributed by atoms with van der Waals surface area (Å²) in [7, 11) is 0. The van der Waals surface area contributed by atoms with E-state index in [4.69, 9.17) is 44.9 Å². The molecule has 15 heteroatoms. The van der Waals surface area contributed by atoms with Gasteiger partial charge in [-0.3, -0.25) is 39.9 Å². The maximum Gasteiger partial charge on any atom is 0.0978 e. The highest BCUT2D eigenvalue weighted by molar-refractivity contribution is 6.19. The summed E-state index contributed by atoms with van der Waals surface area (Å²) in [5, 5.41) is 9.86. The number of hydrogen-bond acceptors (Lipinski definition) is 15. The third-order valence-electron chi connectivity index (χ3n) is 25.2. The van der Waals surface area contributed by atoms with Crippen LogP contribution < -0.4 is 0 Å². The Morgan fingerprint density at radius 3 is 0.674 bits per heavy atom. The zero-order valence-electron chi connectivity index (χ0n) is 74.2. The van der Waals surface area contributed by atoms with Gasteiger partial charge in [0.2, 0.25) is 0 Å². The predicted octanol–water partition coefficient (Wildman–Crippen LogP) is 29.7. The van der Waals surface area contributed by atoms with Crippen molar-refractivity contribution in [3.8, 4) is 157 Å². The monoisotopic (exact) mass is 1760 g/mol. The first-order valence-electron chi connectivity index (χ1n) is 45.7. The Balaban J connectivity index is 0.000000113. The number of aromatic nitrogens is 15. The van der Waals surface area contributed by atoms with Crippen LogP contribution in [0.25, 0.3) is 256 Å². The minimum atomic E-state index is 0.804. The van der Waals surface area contributed by atoms with Crippen molar-refractivity contribution in [3.05, 3.63) is 468 Å². The van der Waals surface area contributed by atoms with Crippen molar-refractivity contribution in [2.24, 2.45) is 0 Å². The van der Waals surface area contributed by atoms with Gasteiger partial charge in [-0.25, -0.2) is 34.9 Å². The average Bonchev–Trinajstić information content (AvgIpc) is 0.750. The molecule has 15 aromatic heterocycles. The number of hydrogen-bond donors (Lipinski definition) is 0. The van der Waals surface area contributed by atoms with Gasteiger partial charge in [-0.05, 0) is 207 Å². The van der Waals surface area contributed by atoms with Crippen molar-refractivity contribution in [2.45, 2.75) is 0 Å². The average molecular weight is 1770 g/mol. The van der Waals surface area contributed by atoms with E-state index >= 15 is 0 Å². The molecular weight excluding hydrogens is 1690 g/mol. The van der Waals surface area contributed by atoms with Crippen molar-refractivity contribution in [1.29, 1.82) is 0 Å². The van der Waals surface area contributed by atoms with Crippen LogP contribution in [-0.4, -0.2) is 74.8 Å². The van der Waals surface area contributed by atoms with Gasteiger partial charge in [0.15, 0.2) is 0 Å². The summed E-state index contributed by atoms with van der Waals surface area (Å²) in [6.07, 6.45) is 14.4. The fourth-order valence-corrected chi connectivity index (χ4v) is 18.5. The molecule has 0 amide bonds. The van der Waals surface area contributed by atoms with E-state index in [1.54, 1.807) is 37.2 Å². The number of para-hydroxylation sites is 3. The molecule has 11 aromatic carbocycles. The van der Waals surface area contributed by atoms with Gasteiger partial charge in [0.25, 0.3) is 0 Å². The van der Waals surface area contributed by atoms with E-state index in [0.717, 1.165) is 250 Å². The van der Waals surface area contributed by atoms with Crippen molar-refractivity contribution in [1.82, 2.24) is 74.8 Å². The molecule has 0 unspecified atom stereocenters. The first-order valence-corrected chi connectivity index (χ1v) is 45.7. The largest absolute Gasteiger partial charge is 0.255 e. The van der Waals surface area contributed by atoms with E-state index < -0.39 is 0 Å². The first kappa shape index (κ1) is 82.2. The van der Waals surface area contributed by atoms with Crippen molar-refractivity contribution in [3.63, 3.8) is 0 Å². The molecular formula is C123H77N15. The Kier molecular flexibility index (Phi) is 21.6. The zero-order valence-corrected chi connectivity index (χ0v) is 74.2. The van der Waals surface area contributed by atoms with Crippen LogP contribution in [0.5, 0.6) is 0 Å². The summed E-state index contributed by atoms with van der Waals surface area (Å²) in [6.45, 7) is 0. The summed E-state index contributed by atoms with van der Waals surface area (Å²) in [6, 6.07) is 144. The van der Waals surface area contributed by atoms with Crippen LogP contribution in [0.3, 0.4) is 0 Å². The zero-order chi connectivity index (χ0) is 91.6. The van der Waals surface area contributed by atoms with Gasteiger partial charge in [0, 0.05) is 120 Å². The Morgan fingerprint density at radius 2 is 0.370 bits per heavy atom. The molecule has 26 aromatic rings. The summed E-state index contributed by atoms with van der Waals surface area (Å²) in [4.78, 5) is 72.0. The third kappa shape index (κ3) is 16.2. The second-order valence-electron chi connectivity index (χ2n) is 33.7. The van der Waals surface area contributed by atoms with Crippen LogP contribution in [0, 0.1) is 0 Å². The number of pyridine rings is 15. The van der Waals surface area contributed by atoms with Gasteiger partial charge in [0.05, 0.1) is 124 Å². The predicted molar refractivity (Wildman–Crippen MR) is 560 cm³/mol. The highest BCUT2D eigenvalue weighted by Gasteiger charge is 2.22. The molecule has 0 aliphatic heterocycles. The molecule has 0 saturated heterocycles. The second-order valence-corrected chi connectivity index (χ2v) is 33.7. The lowest BCUT2D eigenvalue weighted by Gasteiger charge is -2.14. The number of benzene rings is 11. The minimum Gasteiger partial charge on any atom is -0.255 e. The molecule has 0 aliphatic carbocycles. The molecule has 0 atom stereocenters. The molecule has 0 saturated carbocycles. The van der Waals surface area contributed by atoms with Crippen molar-refractivity contribution >= 4 is 98.1 Å². The Hall–Kier alpha value is -19.0. The Labute approximate surface area is 793 Å². The fraction of sp³-hybridized carbons (Fsp3) is 0. The van der Waals surface area contributed by atoms with Crippen LogP contribution in [0.4, 0.5) is 0 Å². The third-order valence-corrected chi connectivity index (χ3v) is 25.2. The van der Waals surface area contributed by atoms with E-state index in [9.17, 15) is 0 Å².